The Morgan fingerprint density at radius 3 is 2.69 bits per heavy atom. The molecule has 0 N–H and O–H groups in total. The molecule has 0 saturated heterocycles. The van der Waals surface area contributed by atoms with Crippen LogP contribution in [0.2, 0.25) is 0 Å². The molecule has 2 saturated carbocycles. The first kappa shape index (κ1) is 23.1. The second kappa shape index (κ2) is 6.23. The van der Waals surface area contributed by atoms with Crippen LogP contribution in [-0.2, 0) is 23.7 Å². The Balaban J connectivity index is 1.17. The van der Waals surface area contributed by atoms with E-state index in [9.17, 15) is 0 Å². The van der Waals surface area contributed by atoms with E-state index in [0.29, 0.717) is 35.0 Å². The van der Waals surface area contributed by atoms with Crippen LogP contribution >= 0.6 is 11.3 Å². The van der Waals surface area contributed by atoms with Gasteiger partial charge in [0.15, 0.2) is 0 Å². The molecule has 2 fully saturated rings. The third kappa shape index (κ3) is 1.72. The van der Waals surface area contributed by atoms with Gasteiger partial charge in [0, 0.05) is 45.3 Å². The van der Waals surface area contributed by atoms with Crippen LogP contribution in [0.1, 0.15) is 130 Å². The summed E-state index contributed by atoms with van der Waals surface area (Å²) in [5, 5.41) is 18.8. The summed E-state index contributed by atoms with van der Waals surface area (Å²) in [6.07, 6.45) is 16.8. The standard InChI is InChI=1S/C48H34S/c1-2-3-6-47(24-5-4-7-49-24)46-23-14-21-12-18-10-19-9-16-8-17-11-20-13-22-15-48(46,47)45-31(22)36-30(20)35-26(17)25(16)33-29(19)34-27(18)28(21)37-32(23)44(45)43-41(36)39(35)38(33)40(34)42(37)43/h4-5,7,9,11,14,18,20-22,26-27,30,35,46H,2-3,6,8,10,12-13,15H2,1H3. The molecule has 1 aromatic heterocycles. The number of rotatable bonds is 4. The van der Waals surface area contributed by atoms with Gasteiger partial charge in [-0.25, -0.2) is 0 Å². The number of hydrogen-bond acceptors (Lipinski definition) is 1. The molecule has 0 nitrogen and oxygen atoms in total. The summed E-state index contributed by atoms with van der Waals surface area (Å²) in [4.78, 5) is 1.74. The number of hydrogen-bond donors (Lipinski definition) is 0. The molecule has 0 radical (unpaired) electrons. The lowest BCUT2D eigenvalue weighted by Gasteiger charge is -2.44. The first-order valence-corrected chi connectivity index (χ1v) is 21.0. The molecule has 1 heterocycles. The van der Waals surface area contributed by atoms with Crippen molar-refractivity contribution in [3.05, 3.63) is 101 Å². The second-order valence-electron chi connectivity index (χ2n) is 19.5. The third-order valence-electron chi connectivity index (χ3n) is 18.7. The summed E-state index contributed by atoms with van der Waals surface area (Å²) in [5.74, 6) is 6.35. The normalized spacial score (nSPS) is 41.6. The molecule has 49 heavy (non-hydrogen) atoms. The molecular formula is C48H34S. The Morgan fingerprint density at radius 2 is 1.78 bits per heavy atom. The fourth-order valence-electron chi connectivity index (χ4n) is 18.4. The highest BCUT2D eigenvalue weighted by molar-refractivity contribution is 7.10. The Bertz CT molecular complexity index is 3020. The van der Waals surface area contributed by atoms with Crippen LogP contribution in [0.15, 0.2) is 41.3 Å². The van der Waals surface area contributed by atoms with Gasteiger partial charge in [-0.2, -0.15) is 0 Å². The van der Waals surface area contributed by atoms with Gasteiger partial charge in [0.2, 0.25) is 0 Å². The summed E-state index contributed by atoms with van der Waals surface area (Å²) in [6.45, 7) is 2.45. The van der Waals surface area contributed by atoms with Crippen molar-refractivity contribution in [2.45, 2.75) is 98.7 Å². The largest absolute Gasteiger partial charge is 0.148 e. The molecule has 1 heteroatoms. The van der Waals surface area contributed by atoms with Crippen molar-refractivity contribution in [1.82, 2.24) is 0 Å². The average molecular weight is 643 g/mol. The molecule has 0 aliphatic heterocycles. The predicted octanol–water partition coefficient (Wildman–Crippen LogP) is 10.6. The Hall–Kier alpha value is -3.42. The number of fused-ring (bicyclic) bond motifs is 1. The summed E-state index contributed by atoms with van der Waals surface area (Å²) >= 11 is 2.12. The van der Waals surface area contributed by atoms with Crippen LogP contribution in [0.3, 0.4) is 0 Å². The van der Waals surface area contributed by atoms with Gasteiger partial charge >= 0.3 is 0 Å². The lowest BCUT2D eigenvalue weighted by atomic mass is 9.59. The van der Waals surface area contributed by atoms with E-state index >= 15 is 0 Å². The summed E-state index contributed by atoms with van der Waals surface area (Å²) in [6, 6.07) is 7.79. The van der Waals surface area contributed by atoms with E-state index in [0.717, 1.165) is 23.7 Å². The van der Waals surface area contributed by atoms with Crippen molar-refractivity contribution in [2.24, 2.45) is 23.7 Å². The van der Waals surface area contributed by atoms with Crippen molar-refractivity contribution < 1.29 is 0 Å². The monoisotopic (exact) mass is 642 g/mol. The Kier molecular flexibility index (Phi) is 2.94. The second-order valence-corrected chi connectivity index (χ2v) is 20.4. The maximum absolute atomic E-state index is 2.99. The van der Waals surface area contributed by atoms with Gasteiger partial charge in [-0.1, -0.05) is 49.6 Å². The van der Waals surface area contributed by atoms with Gasteiger partial charge in [-0.15, -0.1) is 11.3 Å². The fraction of sp³-hybridized carbons (Fsp3) is 0.417. The fourth-order valence-corrected chi connectivity index (χ4v) is 19.5. The minimum Gasteiger partial charge on any atom is -0.148 e. The van der Waals surface area contributed by atoms with Crippen molar-refractivity contribution >= 4 is 65.6 Å². The van der Waals surface area contributed by atoms with E-state index in [1.165, 1.54) is 51.4 Å². The van der Waals surface area contributed by atoms with Crippen LogP contribution in [0.4, 0.5) is 0 Å². The van der Waals surface area contributed by atoms with E-state index in [4.69, 9.17) is 0 Å². The number of thiophene rings is 1. The number of unbranched alkanes of at least 4 members (excludes halogenated alkanes) is 1. The van der Waals surface area contributed by atoms with E-state index in [1.807, 2.05) is 87.8 Å². The molecule has 0 bridgehead atoms. The zero-order valence-electron chi connectivity index (χ0n) is 27.7. The first-order valence-electron chi connectivity index (χ1n) is 20.1. The molecule has 18 rings (SSSR count). The van der Waals surface area contributed by atoms with Gasteiger partial charge in [0.1, 0.15) is 0 Å². The molecule has 232 valence electrons. The zero-order chi connectivity index (χ0) is 30.5. The number of benzene rings is 3. The third-order valence-corrected chi connectivity index (χ3v) is 19.8. The highest BCUT2D eigenvalue weighted by Crippen LogP contribution is 2.88. The van der Waals surface area contributed by atoms with Crippen LogP contribution in [0.5, 0.6) is 0 Å². The lowest BCUT2D eigenvalue weighted by molar-refractivity contribution is 0.319. The van der Waals surface area contributed by atoms with Gasteiger partial charge < -0.3 is 0 Å². The Labute approximate surface area is 288 Å². The summed E-state index contributed by atoms with van der Waals surface area (Å²) in [7, 11) is 0. The summed E-state index contributed by atoms with van der Waals surface area (Å²) < 4.78 is 0. The van der Waals surface area contributed by atoms with E-state index < -0.39 is 0 Å². The van der Waals surface area contributed by atoms with Crippen LogP contribution < -0.4 is 5.22 Å². The predicted molar refractivity (Wildman–Crippen MR) is 198 cm³/mol. The molecule has 12 aliphatic carbocycles. The van der Waals surface area contributed by atoms with Crippen molar-refractivity contribution in [3.8, 4) is 0 Å². The van der Waals surface area contributed by atoms with Crippen LogP contribution in [0, 0.1) is 23.7 Å². The molecular weight excluding hydrogens is 609 g/mol. The van der Waals surface area contributed by atoms with Gasteiger partial charge in [-0.05, 0) is 183 Å². The van der Waals surface area contributed by atoms with Crippen molar-refractivity contribution in [2.75, 3.05) is 0 Å². The first-order chi connectivity index (χ1) is 24.3. The van der Waals surface area contributed by atoms with Gasteiger partial charge in [-0.3, -0.25) is 0 Å². The molecule has 6 aromatic rings. The number of allylic oxidation sites excluding steroid dienone is 4. The van der Waals surface area contributed by atoms with Crippen LogP contribution in [0.25, 0.3) is 54.2 Å². The maximum atomic E-state index is 2.99. The van der Waals surface area contributed by atoms with Crippen LogP contribution in [-0.4, -0.2) is 0 Å². The maximum Gasteiger partial charge on any atom is 0.0228 e. The molecule has 11 atom stereocenters. The average Bonchev–Trinajstić information content (AvgIpc) is 3.88. The van der Waals surface area contributed by atoms with Crippen molar-refractivity contribution in [1.29, 1.82) is 0 Å². The highest BCUT2D eigenvalue weighted by Gasteiger charge is 2.83. The molecule has 11 unspecified atom stereocenters. The molecule has 5 aromatic carbocycles. The highest BCUT2D eigenvalue weighted by atomic mass is 32.1. The quantitative estimate of drug-likeness (QED) is 0.168. The van der Waals surface area contributed by atoms with Crippen molar-refractivity contribution in [3.63, 3.8) is 0 Å². The summed E-state index contributed by atoms with van der Waals surface area (Å²) in [5.41, 5.74) is 23.0. The van der Waals surface area contributed by atoms with E-state index in [1.54, 1.807) is 32.2 Å². The van der Waals surface area contributed by atoms with Gasteiger partial charge in [0.25, 0.3) is 0 Å². The molecule has 0 amide bonds. The van der Waals surface area contributed by atoms with Gasteiger partial charge in [0.05, 0.1) is 0 Å². The molecule has 1 spiro atoms. The molecule has 12 aliphatic rings. The minimum absolute atomic E-state index is 0.290. The zero-order valence-corrected chi connectivity index (χ0v) is 28.5. The minimum atomic E-state index is 0.290. The smallest absolute Gasteiger partial charge is 0.0228 e. The SMILES string of the molecule is CCCCC1(c2cccs2)C2C3=CC4CC5Cc6cc7c8c9c6c6c%10c9c9c%11c%12c%13c(c%14c3c(c%10c%14%11)=C4C65)C21CC%13CC1C=C(C7)C8C9C%121. The topological polar surface area (TPSA) is 0 Å². The lowest BCUT2D eigenvalue weighted by Crippen LogP contribution is -2.31. The van der Waals surface area contributed by atoms with E-state index in [-0.39, 0.29) is 5.41 Å². The van der Waals surface area contributed by atoms with E-state index in [2.05, 4.69) is 54.0 Å². The Morgan fingerprint density at radius 1 is 0.837 bits per heavy atom.